The minimum atomic E-state index is -0.431. The first-order valence-corrected chi connectivity index (χ1v) is 11.9. The Morgan fingerprint density at radius 2 is 1.83 bits per heavy atom. The Labute approximate surface area is 206 Å². The van der Waals surface area contributed by atoms with E-state index in [0.717, 1.165) is 28.5 Å². The van der Waals surface area contributed by atoms with Crippen LogP contribution in [0.15, 0.2) is 42.5 Å². The number of nitrogens with one attached hydrogen (secondary N) is 1. The van der Waals surface area contributed by atoms with Crippen molar-refractivity contribution in [2.24, 2.45) is 0 Å². The smallest absolute Gasteiger partial charge is 0.273 e. The maximum atomic E-state index is 13.1. The maximum Gasteiger partial charge on any atom is 0.273 e. The lowest BCUT2D eigenvalue weighted by Crippen LogP contribution is -2.48. The number of fused-ring (bicyclic) bond motifs is 1. The van der Waals surface area contributed by atoms with E-state index in [1.54, 1.807) is 18.1 Å². The number of piperazine rings is 1. The lowest BCUT2D eigenvalue weighted by atomic mass is 10.2. The van der Waals surface area contributed by atoms with Crippen LogP contribution in [0.2, 0.25) is 0 Å². The highest BCUT2D eigenvalue weighted by Crippen LogP contribution is 2.32. The van der Waals surface area contributed by atoms with Crippen LogP contribution in [0.4, 0.5) is 11.4 Å². The quantitative estimate of drug-likeness (QED) is 0.535. The first-order chi connectivity index (χ1) is 17.0. The van der Waals surface area contributed by atoms with Gasteiger partial charge in [0, 0.05) is 38.4 Å². The number of hydrogen-bond acceptors (Lipinski definition) is 9. The molecule has 1 saturated heterocycles. The van der Waals surface area contributed by atoms with E-state index in [-0.39, 0.29) is 35.5 Å². The van der Waals surface area contributed by atoms with E-state index < -0.39 is 5.91 Å². The lowest BCUT2D eigenvalue weighted by Gasteiger charge is -2.36. The maximum absolute atomic E-state index is 13.1. The van der Waals surface area contributed by atoms with Crippen molar-refractivity contribution in [1.29, 1.82) is 0 Å². The summed E-state index contributed by atoms with van der Waals surface area (Å²) in [5.41, 5.74) is 8.29. The molecule has 2 amide bonds. The summed E-state index contributed by atoms with van der Waals surface area (Å²) in [6.07, 6.45) is 0. The fourth-order valence-corrected chi connectivity index (χ4v) is 4.80. The number of anilines is 2. The third-order valence-electron chi connectivity index (χ3n) is 6.03. The van der Waals surface area contributed by atoms with Crippen molar-refractivity contribution in [3.05, 3.63) is 58.6 Å². The second kappa shape index (κ2) is 9.71. The summed E-state index contributed by atoms with van der Waals surface area (Å²) in [4.78, 5) is 30.0. The number of rotatable bonds is 6. The highest BCUT2D eigenvalue weighted by molar-refractivity contribution is 7.09. The molecule has 182 valence electrons. The number of ether oxygens (including phenoxy) is 3. The molecule has 0 bridgehead atoms. The molecule has 0 aliphatic carbocycles. The molecular weight excluding hydrogens is 470 g/mol. The van der Waals surface area contributed by atoms with Crippen molar-refractivity contribution in [3.8, 4) is 17.2 Å². The van der Waals surface area contributed by atoms with Gasteiger partial charge in [-0.05, 0) is 53.5 Å². The molecule has 2 aliphatic rings. The predicted molar refractivity (Wildman–Crippen MR) is 131 cm³/mol. The minimum absolute atomic E-state index is 0.0657. The average molecular weight is 496 g/mol. The zero-order valence-electron chi connectivity index (χ0n) is 19.2. The van der Waals surface area contributed by atoms with Gasteiger partial charge in [0.25, 0.3) is 11.8 Å². The number of nitrogens with zero attached hydrogens (tertiary/aromatic N) is 3. The Bertz CT molecular complexity index is 1240. The summed E-state index contributed by atoms with van der Waals surface area (Å²) in [6, 6.07) is 13.3. The third-order valence-corrected chi connectivity index (χ3v) is 6.88. The van der Waals surface area contributed by atoms with E-state index in [4.69, 9.17) is 19.9 Å². The van der Waals surface area contributed by atoms with Gasteiger partial charge in [0.2, 0.25) is 6.79 Å². The largest absolute Gasteiger partial charge is 0.497 e. The van der Waals surface area contributed by atoms with Gasteiger partial charge in [-0.25, -0.2) is 0 Å². The van der Waals surface area contributed by atoms with Gasteiger partial charge in [0.1, 0.15) is 10.6 Å². The predicted octanol–water partition coefficient (Wildman–Crippen LogP) is 2.36. The molecule has 1 aromatic heterocycles. The lowest BCUT2D eigenvalue weighted by molar-refractivity contribution is 0.0752. The number of hydrogen-bond donors (Lipinski definition) is 2. The van der Waals surface area contributed by atoms with Crippen molar-refractivity contribution < 1.29 is 23.8 Å². The van der Waals surface area contributed by atoms with Crippen molar-refractivity contribution in [2.75, 3.05) is 50.7 Å². The van der Waals surface area contributed by atoms with E-state index >= 15 is 0 Å². The molecule has 11 heteroatoms. The van der Waals surface area contributed by atoms with Crippen LogP contribution in [-0.4, -0.2) is 61.2 Å². The van der Waals surface area contributed by atoms with E-state index in [1.807, 2.05) is 36.4 Å². The average Bonchev–Trinajstić information content (AvgIpc) is 3.53. The number of benzene rings is 2. The first-order valence-electron chi connectivity index (χ1n) is 11.1. The fourth-order valence-electron chi connectivity index (χ4n) is 4.04. The molecule has 35 heavy (non-hydrogen) atoms. The highest BCUT2D eigenvalue weighted by atomic mass is 32.1. The molecular formula is C24H25N5O5S. The van der Waals surface area contributed by atoms with Crippen LogP contribution in [0.3, 0.4) is 0 Å². The number of nitrogens with two attached hydrogens (primary N) is 1. The molecule has 0 saturated carbocycles. The van der Waals surface area contributed by atoms with Crippen LogP contribution in [0.25, 0.3) is 0 Å². The number of carbonyl (C=O) groups excluding carboxylic acids is 2. The van der Waals surface area contributed by atoms with Gasteiger partial charge in [-0.3, -0.25) is 9.59 Å². The molecule has 0 unspecified atom stereocenters. The van der Waals surface area contributed by atoms with Crippen molar-refractivity contribution >= 4 is 34.7 Å². The van der Waals surface area contributed by atoms with Crippen LogP contribution >= 0.6 is 11.5 Å². The summed E-state index contributed by atoms with van der Waals surface area (Å²) in [5.74, 6) is 1.49. The molecule has 5 rings (SSSR count). The molecule has 3 heterocycles. The Morgan fingerprint density at radius 3 is 2.57 bits per heavy atom. The van der Waals surface area contributed by atoms with Gasteiger partial charge in [-0.2, -0.15) is 4.37 Å². The SMILES string of the molecule is COc1ccc(N2CCN(C(=O)c3snc(C(=O)NCc4ccc5c(c4)OCO5)c3N)CC2)cc1. The van der Waals surface area contributed by atoms with E-state index in [2.05, 4.69) is 14.6 Å². The van der Waals surface area contributed by atoms with E-state index in [9.17, 15) is 9.59 Å². The van der Waals surface area contributed by atoms with Crippen LogP contribution in [-0.2, 0) is 6.54 Å². The second-order valence-electron chi connectivity index (χ2n) is 8.12. The highest BCUT2D eigenvalue weighted by Gasteiger charge is 2.28. The van der Waals surface area contributed by atoms with Gasteiger partial charge in [0.05, 0.1) is 12.8 Å². The summed E-state index contributed by atoms with van der Waals surface area (Å²) in [6.45, 7) is 2.94. The number of aromatic nitrogens is 1. The summed E-state index contributed by atoms with van der Waals surface area (Å²) >= 11 is 0.954. The Kier molecular flexibility index (Phi) is 6.32. The molecule has 2 aliphatic heterocycles. The normalized spacial score (nSPS) is 14.7. The third kappa shape index (κ3) is 4.67. The number of methoxy groups -OCH3 is 1. The van der Waals surface area contributed by atoms with Crippen LogP contribution in [0.1, 0.15) is 25.7 Å². The minimum Gasteiger partial charge on any atom is -0.497 e. The topological polar surface area (TPSA) is 119 Å². The van der Waals surface area contributed by atoms with Crippen LogP contribution < -0.4 is 30.2 Å². The standard InChI is InChI=1S/C24H25N5O5S/c1-32-17-5-3-16(4-6-17)28-8-10-29(11-9-28)24(31)22-20(25)21(27-35-22)23(30)26-13-15-2-7-18-19(12-15)34-14-33-18/h2-7,12H,8-11,13-14,25H2,1H3,(H,26,30). The van der Waals surface area contributed by atoms with Crippen molar-refractivity contribution in [2.45, 2.75) is 6.54 Å². The van der Waals surface area contributed by atoms with Crippen molar-refractivity contribution in [3.63, 3.8) is 0 Å². The van der Waals surface area contributed by atoms with E-state index in [1.165, 1.54) is 0 Å². The summed E-state index contributed by atoms with van der Waals surface area (Å²) in [7, 11) is 1.64. The van der Waals surface area contributed by atoms with Crippen LogP contribution in [0, 0.1) is 0 Å². The molecule has 0 spiro atoms. The zero-order valence-corrected chi connectivity index (χ0v) is 20.0. The van der Waals surface area contributed by atoms with Crippen LogP contribution in [0.5, 0.6) is 17.2 Å². The molecule has 1 fully saturated rings. The Balaban J connectivity index is 1.18. The van der Waals surface area contributed by atoms with Gasteiger partial charge in [-0.1, -0.05) is 6.07 Å². The number of carbonyl (C=O) groups is 2. The van der Waals surface area contributed by atoms with E-state index in [0.29, 0.717) is 37.7 Å². The molecule has 0 radical (unpaired) electrons. The van der Waals surface area contributed by atoms with Gasteiger partial charge in [0.15, 0.2) is 17.2 Å². The Hall–Kier alpha value is -3.99. The zero-order chi connectivity index (χ0) is 24.4. The number of amides is 2. The second-order valence-corrected chi connectivity index (χ2v) is 8.89. The molecule has 10 nitrogen and oxygen atoms in total. The first kappa shape index (κ1) is 22.8. The van der Waals surface area contributed by atoms with Crippen molar-refractivity contribution in [1.82, 2.24) is 14.6 Å². The molecule has 3 aromatic rings. The van der Waals surface area contributed by atoms with Gasteiger partial charge in [-0.15, -0.1) is 0 Å². The number of nitrogen functional groups attached to an aromatic ring is 1. The monoisotopic (exact) mass is 495 g/mol. The fraction of sp³-hybridized carbons (Fsp3) is 0.292. The van der Waals surface area contributed by atoms with Gasteiger partial charge < -0.3 is 35.1 Å². The van der Waals surface area contributed by atoms with Gasteiger partial charge >= 0.3 is 0 Å². The molecule has 0 atom stereocenters. The molecule has 3 N–H and O–H groups in total. The summed E-state index contributed by atoms with van der Waals surface area (Å²) in [5, 5.41) is 2.80. The molecule has 2 aromatic carbocycles. The summed E-state index contributed by atoms with van der Waals surface area (Å²) < 4.78 is 20.0. The Morgan fingerprint density at radius 1 is 1.09 bits per heavy atom.